The molecule has 0 saturated heterocycles. The lowest BCUT2D eigenvalue weighted by atomic mass is 9.75. The second-order valence-corrected chi connectivity index (χ2v) is 5.55. The molecule has 114 valence electrons. The summed E-state index contributed by atoms with van der Waals surface area (Å²) in [6, 6.07) is 1.25. The van der Waals surface area contributed by atoms with Crippen LogP contribution in [0.2, 0.25) is 0 Å². The normalized spacial score (nSPS) is 25.3. The van der Waals surface area contributed by atoms with Gasteiger partial charge in [-0.15, -0.1) is 0 Å². The first kappa shape index (κ1) is 15.4. The van der Waals surface area contributed by atoms with E-state index in [4.69, 9.17) is 0 Å². The van der Waals surface area contributed by atoms with E-state index in [1.165, 1.54) is 12.3 Å². The van der Waals surface area contributed by atoms with E-state index in [0.717, 1.165) is 25.5 Å². The van der Waals surface area contributed by atoms with Gasteiger partial charge in [0.1, 0.15) is 5.54 Å². The van der Waals surface area contributed by atoms with Crippen molar-refractivity contribution in [1.29, 1.82) is 0 Å². The summed E-state index contributed by atoms with van der Waals surface area (Å²) in [5, 5.41) is 12.0. The highest BCUT2D eigenvalue weighted by molar-refractivity contribution is 5.98. The summed E-state index contributed by atoms with van der Waals surface area (Å²) in [4.78, 5) is 27.3. The van der Waals surface area contributed by atoms with E-state index in [1.54, 1.807) is 0 Å². The minimum absolute atomic E-state index is 0.178. The average Bonchev–Trinajstić information content (AvgIpc) is 2.48. The van der Waals surface area contributed by atoms with Gasteiger partial charge in [-0.05, 0) is 37.7 Å². The summed E-state index contributed by atoms with van der Waals surface area (Å²) in [6.45, 7) is 2.07. The Hall–Kier alpha value is -1.98. The fraction of sp³-hybridized carbons (Fsp3) is 0.533. The maximum absolute atomic E-state index is 13.6. The third kappa shape index (κ3) is 3.20. The first-order valence-corrected chi connectivity index (χ1v) is 7.14. The molecule has 2 rings (SSSR count). The number of pyridine rings is 1. The first-order chi connectivity index (χ1) is 9.98. The van der Waals surface area contributed by atoms with Crippen LogP contribution in [0.3, 0.4) is 0 Å². The molecule has 6 heteroatoms. The number of aliphatic carboxylic acids is 1. The molecule has 1 amide bonds. The van der Waals surface area contributed by atoms with Crippen LogP contribution >= 0.6 is 0 Å². The maximum Gasteiger partial charge on any atom is 0.329 e. The van der Waals surface area contributed by atoms with Gasteiger partial charge in [0.25, 0.3) is 5.91 Å². The van der Waals surface area contributed by atoms with E-state index >= 15 is 0 Å². The van der Waals surface area contributed by atoms with Gasteiger partial charge in [0.05, 0.1) is 11.8 Å². The fourth-order valence-electron chi connectivity index (χ4n) is 2.81. The highest BCUT2D eigenvalue weighted by atomic mass is 19.1. The van der Waals surface area contributed by atoms with E-state index in [0.29, 0.717) is 18.8 Å². The van der Waals surface area contributed by atoms with Gasteiger partial charge in [-0.3, -0.25) is 9.78 Å². The second kappa shape index (κ2) is 6.20. The molecular formula is C15H19FN2O3. The number of carboxylic acids is 1. The van der Waals surface area contributed by atoms with Crippen molar-refractivity contribution >= 4 is 11.9 Å². The van der Waals surface area contributed by atoms with Gasteiger partial charge in [0.15, 0.2) is 5.82 Å². The van der Waals surface area contributed by atoms with E-state index in [-0.39, 0.29) is 5.56 Å². The van der Waals surface area contributed by atoms with Crippen molar-refractivity contribution in [3.63, 3.8) is 0 Å². The summed E-state index contributed by atoms with van der Waals surface area (Å²) in [6.07, 6.45) is 5.50. The minimum atomic E-state index is -1.29. The topological polar surface area (TPSA) is 79.3 Å². The maximum atomic E-state index is 13.6. The second-order valence-electron chi connectivity index (χ2n) is 5.55. The van der Waals surface area contributed by atoms with Crippen molar-refractivity contribution in [2.24, 2.45) is 5.92 Å². The van der Waals surface area contributed by atoms with Crippen LogP contribution in [-0.4, -0.2) is 27.5 Å². The summed E-state index contributed by atoms with van der Waals surface area (Å²) in [5.74, 6) is -2.02. The predicted molar refractivity (Wildman–Crippen MR) is 74.3 cm³/mol. The minimum Gasteiger partial charge on any atom is -0.480 e. The highest BCUT2D eigenvalue weighted by Crippen LogP contribution is 2.34. The Labute approximate surface area is 122 Å². The van der Waals surface area contributed by atoms with E-state index in [9.17, 15) is 19.1 Å². The third-order valence-corrected chi connectivity index (χ3v) is 4.32. The van der Waals surface area contributed by atoms with Crippen molar-refractivity contribution in [2.45, 2.75) is 44.6 Å². The number of carboxylic acid groups (broad SMARTS) is 1. The molecular weight excluding hydrogens is 275 g/mol. The Morgan fingerprint density at radius 3 is 2.67 bits per heavy atom. The van der Waals surface area contributed by atoms with Gasteiger partial charge < -0.3 is 10.4 Å². The number of rotatable bonds is 4. The van der Waals surface area contributed by atoms with Crippen molar-refractivity contribution in [3.05, 3.63) is 29.8 Å². The summed E-state index contributed by atoms with van der Waals surface area (Å²) in [5.41, 5.74) is -1.47. The van der Waals surface area contributed by atoms with Crippen LogP contribution in [-0.2, 0) is 4.79 Å². The molecule has 0 aromatic carbocycles. The molecule has 0 aliphatic heterocycles. The van der Waals surface area contributed by atoms with Crippen LogP contribution < -0.4 is 5.32 Å². The van der Waals surface area contributed by atoms with Crippen LogP contribution in [0, 0.1) is 11.7 Å². The number of hydrogen-bond donors (Lipinski definition) is 2. The molecule has 0 radical (unpaired) electrons. The third-order valence-electron chi connectivity index (χ3n) is 4.32. The zero-order chi connectivity index (χ0) is 15.5. The largest absolute Gasteiger partial charge is 0.480 e. The molecule has 1 fully saturated rings. The smallest absolute Gasteiger partial charge is 0.329 e. The van der Waals surface area contributed by atoms with Crippen molar-refractivity contribution in [2.75, 3.05) is 0 Å². The molecule has 1 aliphatic rings. The predicted octanol–water partition coefficient (Wildman–Crippen LogP) is 2.37. The standard InChI is InChI=1S/C15H19FN2O3/c1-2-10-3-6-15(7-4-10,14(20)21)18-13(19)11-5-8-17-9-12(11)16/h5,8-10H,2-4,6-7H2,1H3,(H,18,19)(H,20,21). The lowest BCUT2D eigenvalue weighted by Gasteiger charge is -2.37. The molecule has 1 aliphatic carbocycles. The van der Waals surface area contributed by atoms with Crippen LogP contribution in [0.5, 0.6) is 0 Å². The number of halogens is 1. The Balaban J connectivity index is 2.16. The van der Waals surface area contributed by atoms with Gasteiger partial charge in [-0.1, -0.05) is 13.3 Å². The van der Waals surface area contributed by atoms with E-state index in [1.807, 2.05) is 0 Å². The van der Waals surface area contributed by atoms with Gasteiger partial charge in [-0.25, -0.2) is 9.18 Å². The fourth-order valence-corrected chi connectivity index (χ4v) is 2.81. The number of hydrogen-bond acceptors (Lipinski definition) is 3. The number of carbonyl (C=O) groups excluding carboxylic acids is 1. The Morgan fingerprint density at radius 2 is 2.14 bits per heavy atom. The number of aromatic nitrogens is 1. The number of nitrogens with zero attached hydrogens (tertiary/aromatic N) is 1. The van der Waals surface area contributed by atoms with Crippen LogP contribution in [0.15, 0.2) is 18.5 Å². The summed E-state index contributed by atoms with van der Waals surface area (Å²) in [7, 11) is 0. The zero-order valence-corrected chi connectivity index (χ0v) is 11.9. The Bertz CT molecular complexity index is 539. The highest BCUT2D eigenvalue weighted by Gasteiger charge is 2.43. The summed E-state index contributed by atoms with van der Waals surface area (Å²) < 4.78 is 13.6. The van der Waals surface area contributed by atoms with Crippen molar-refractivity contribution in [3.8, 4) is 0 Å². The molecule has 0 spiro atoms. The molecule has 1 aromatic rings. The van der Waals surface area contributed by atoms with E-state index < -0.39 is 23.2 Å². The Morgan fingerprint density at radius 1 is 1.48 bits per heavy atom. The Kier molecular flexibility index (Phi) is 4.55. The SMILES string of the molecule is CCC1CCC(NC(=O)c2ccncc2F)(C(=O)O)CC1. The molecule has 0 bridgehead atoms. The quantitative estimate of drug-likeness (QED) is 0.893. The average molecular weight is 294 g/mol. The molecule has 5 nitrogen and oxygen atoms in total. The molecule has 2 N–H and O–H groups in total. The van der Waals surface area contributed by atoms with Crippen LogP contribution in [0.1, 0.15) is 49.4 Å². The van der Waals surface area contributed by atoms with Gasteiger partial charge in [0, 0.05) is 6.20 Å². The van der Waals surface area contributed by atoms with Gasteiger partial charge in [-0.2, -0.15) is 0 Å². The van der Waals surface area contributed by atoms with Crippen LogP contribution in [0.4, 0.5) is 4.39 Å². The lowest BCUT2D eigenvalue weighted by molar-refractivity contribution is -0.146. The number of carbonyl (C=O) groups is 2. The van der Waals surface area contributed by atoms with Crippen molar-refractivity contribution in [1.82, 2.24) is 10.3 Å². The molecule has 1 heterocycles. The summed E-state index contributed by atoms with van der Waals surface area (Å²) >= 11 is 0. The van der Waals surface area contributed by atoms with Crippen LogP contribution in [0.25, 0.3) is 0 Å². The van der Waals surface area contributed by atoms with Gasteiger partial charge in [0.2, 0.25) is 0 Å². The van der Waals surface area contributed by atoms with Crippen molar-refractivity contribution < 1.29 is 19.1 Å². The molecule has 21 heavy (non-hydrogen) atoms. The molecule has 1 aromatic heterocycles. The zero-order valence-electron chi connectivity index (χ0n) is 11.9. The lowest BCUT2D eigenvalue weighted by Crippen LogP contribution is -2.56. The molecule has 1 saturated carbocycles. The number of amides is 1. The monoisotopic (exact) mass is 294 g/mol. The van der Waals surface area contributed by atoms with E-state index in [2.05, 4.69) is 17.2 Å². The van der Waals surface area contributed by atoms with Gasteiger partial charge >= 0.3 is 5.97 Å². The first-order valence-electron chi connectivity index (χ1n) is 7.14. The molecule has 0 unspecified atom stereocenters. The number of nitrogens with one attached hydrogen (secondary N) is 1. The molecule has 0 atom stereocenters.